The molecule has 0 aromatic rings. The van der Waals surface area contributed by atoms with E-state index in [2.05, 4.69) is 39.8 Å². The molecule has 4 aliphatic rings. The number of hydrogen-bond acceptors (Lipinski definition) is 4. The second-order valence-corrected chi connectivity index (χ2v) is 13.3. The molecule has 9 atom stereocenters. The largest absolute Gasteiger partial charge is 0.463 e. The first-order valence-electron chi connectivity index (χ1n) is 14.0. The Morgan fingerprint density at radius 2 is 1.76 bits per heavy atom. The van der Waals surface area contributed by atoms with Gasteiger partial charge in [0.05, 0.1) is 5.71 Å². The lowest BCUT2D eigenvalue weighted by molar-refractivity contribution is -0.153. The Morgan fingerprint density at radius 1 is 1.06 bits per heavy atom. The Balaban J connectivity index is 1.51. The Labute approximate surface area is 202 Å². The maximum absolute atomic E-state index is 11.6. The van der Waals surface area contributed by atoms with E-state index in [9.17, 15) is 10.0 Å². The van der Waals surface area contributed by atoms with Crippen LogP contribution in [0.3, 0.4) is 0 Å². The molecule has 0 aliphatic heterocycles. The number of fused-ring (bicyclic) bond motifs is 5. The Bertz CT molecular complexity index is 747. The fourth-order valence-corrected chi connectivity index (χ4v) is 9.51. The highest BCUT2D eigenvalue weighted by molar-refractivity contribution is 5.88. The van der Waals surface area contributed by atoms with Crippen molar-refractivity contribution in [1.82, 2.24) is 0 Å². The maximum atomic E-state index is 11.6. The topological polar surface area (TPSA) is 58.9 Å². The van der Waals surface area contributed by atoms with Gasteiger partial charge in [0.15, 0.2) is 0 Å². The van der Waals surface area contributed by atoms with Crippen molar-refractivity contribution in [2.24, 2.45) is 57.4 Å². The molecule has 4 fully saturated rings. The second-order valence-electron chi connectivity index (χ2n) is 13.3. The molecule has 33 heavy (non-hydrogen) atoms. The van der Waals surface area contributed by atoms with Gasteiger partial charge >= 0.3 is 5.97 Å². The standard InChI is InChI=1S/C29H49NO3/c1-18(2)8-7-9-19(3)23-10-11-24-22-17-27(30-32)26-16-21(33-20(4)31)12-14-29(26,6)25(22)13-15-28(23,24)5/h18-19,21-26,32H,7-17H2,1-6H3/b30-27+/t19-,21+,22+,23-,24+,25+,26+,28-,29-/m1/s1. The van der Waals surface area contributed by atoms with E-state index in [-0.39, 0.29) is 23.4 Å². The molecule has 1 N–H and O–H groups in total. The summed E-state index contributed by atoms with van der Waals surface area (Å²) in [5, 5.41) is 14.0. The van der Waals surface area contributed by atoms with Crippen molar-refractivity contribution in [3.8, 4) is 0 Å². The van der Waals surface area contributed by atoms with Crippen LogP contribution in [0.25, 0.3) is 0 Å². The van der Waals surface area contributed by atoms with Crippen LogP contribution in [0.2, 0.25) is 0 Å². The Hall–Kier alpha value is -1.06. The quantitative estimate of drug-likeness (QED) is 0.254. The van der Waals surface area contributed by atoms with Gasteiger partial charge in [0.1, 0.15) is 6.10 Å². The van der Waals surface area contributed by atoms with Crippen LogP contribution in [0, 0.1) is 52.3 Å². The summed E-state index contributed by atoms with van der Waals surface area (Å²) < 4.78 is 5.61. The molecule has 0 spiro atoms. The van der Waals surface area contributed by atoms with Gasteiger partial charge in [-0.2, -0.15) is 0 Å². The van der Waals surface area contributed by atoms with Crippen LogP contribution in [0.5, 0.6) is 0 Å². The van der Waals surface area contributed by atoms with E-state index >= 15 is 0 Å². The van der Waals surface area contributed by atoms with Crippen molar-refractivity contribution in [3.63, 3.8) is 0 Å². The van der Waals surface area contributed by atoms with Crippen LogP contribution in [-0.4, -0.2) is 23.0 Å². The van der Waals surface area contributed by atoms with Crippen molar-refractivity contribution in [3.05, 3.63) is 0 Å². The third kappa shape index (κ3) is 4.49. The van der Waals surface area contributed by atoms with Gasteiger partial charge in [0, 0.05) is 12.8 Å². The average Bonchev–Trinajstić information content (AvgIpc) is 3.10. The van der Waals surface area contributed by atoms with Crippen LogP contribution < -0.4 is 0 Å². The highest BCUT2D eigenvalue weighted by Gasteiger charge is 2.62. The number of nitrogens with zero attached hydrogens (tertiary/aromatic N) is 1. The van der Waals surface area contributed by atoms with Crippen LogP contribution in [0.4, 0.5) is 0 Å². The molecular formula is C29H49NO3. The zero-order chi connectivity index (χ0) is 24.0. The van der Waals surface area contributed by atoms with Gasteiger partial charge in [-0.25, -0.2) is 0 Å². The summed E-state index contributed by atoms with van der Waals surface area (Å²) in [6, 6.07) is 0. The minimum absolute atomic E-state index is 0.0229. The van der Waals surface area contributed by atoms with Crippen LogP contribution in [0.1, 0.15) is 112 Å². The summed E-state index contributed by atoms with van der Waals surface area (Å²) in [5.74, 6) is 4.64. The van der Waals surface area contributed by atoms with Gasteiger partial charge < -0.3 is 9.94 Å². The summed E-state index contributed by atoms with van der Waals surface area (Å²) in [6.45, 7) is 13.8. The van der Waals surface area contributed by atoms with Crippen molar-refractivity contribution in [1.29, 1.82) is 0 Å². The highest BCUT2D eigenvalue weighted by atomic mass is 16.5. The highest BCUT2D eigenvalue weighted by Crippen LogP contribution is 2.68. The number of carbonyl (C=O) groups is 1. The van der Waals surface area contributed by atoms with E-state index in [1.165, 1.54) is 51.9 Å². The van der Waals surface area contributed by atoms with Crippen molar-refractivity contribution >= 4 is 11.7 Å². The van der Waals surface area contributed by atoms with Gasteiger partial charge in [-0.1, -0.05) is 59.0 Å². The lowest BCUT2D eigenvalue weighted by atomic mass is 9.44. The average molecular weight is 460 g/mol. The van der Waals surface area contributed by atoms with Gasteiger partial charge in [-0.3, -0.25) is 4.79 Å². The van der Waals surface area contributed by atoms with Crippen LogP contribution >= 0.6 is 0 Å². The number of rotatable bonds is 6. The van der Waals surface area contributed by atoms with Crippen LogP contribution in [-0.2, 0) is 9.53 Å². The molecule has 4 saturated carbocycles. The molecule has 4 rings (SSSR count). The van der Waals surface area contributed by atoms with E-state index in [4.69, 9.17) is 4.74 Å². The molecule has 0 bridgehead atoms. The molecular weight excluding hydrogens is 410 g/mol. The molecule has 0 aromatic heterocycles. The van der Waals surface area contributed by atoms with Crippen LogP contribution in [0.15, 0.2) is 5.16 Å². The van der Waals surface area contributed by atoms with E-state index < -0.39 is 0 Å². The Kier molecular flexibility index (Phi) is 7.23. The molecule has 0 amide bonds. The first-order chi connectivity index (χ1) is 15.6. The third-order valence-corrected chi connectivity index (χ3v) is 11.1. The maximum Gasteiger partial charge on any atom is 0.302 e. The minimum atomic E-state index is -0.187. The molecule has 4 aliphatic carbocycles. The number of ether oxygens (including phenoxy) is 1. The van der Waals surface area contributed by atoms with E-state index in [1.807, 2.05) is 0 Å². The molecule has 4 heteroatoms. The van der Waals surface area contributed by atoms with E-state index in [0.29, 0.717) is 17.3 Å². The summed E-state index contributed by atoms with van der Waals surface area (Å²) in [5.41, 5.74) is 1.61. The van der Waals surface area contributed by atoms with Gasteiger partial charge in [0.25, 0.3) is 0 Å². The minimum Gasteiger partial charge on any atom is -0.463 e. The SMILES string of the molecule is CC(=O)O[C@H]1CC[C@@]2(C)[C@@H](C1)/C(=N/O)C[C@@H]1[C@@H]2CC[C@]2(C)[C@@H]([C@H](C)CCCC(C)C)CC[C@@H]12. The first-order valence-corrected chi connectivity index (χ1v) is 14.0. The summed E-state index contributed by atoms with van der Waals surface area (Å²) >= 11 is 0. The lowest BCUT2D eigenvalue weighted by Gasteiger charge is -2.61. The van der Waals surface area contributed by atoms with Crippen molar-refractivity contribution in [2.45, 2.75) is 118 Å². The lowest BCUT2D eigenvalue weighted by Crippen LogP contribution is -2.57. The fraction of sp³-hybridized carbons (Fsp3) is 0.931. The predicted octanol–water partition coefficient (Wildman–Crippen LogP) is 7.48. The number of esters is 1. The molecule has 0 aromatic carbocycles. The number of carbonyl (C=O) groups excluding carboxylic acids is 1. The zero-order valence-corrected chi connectivity index (χ0v) is 22.1. The smallest absolute Gasteiger partial charge is 0.302 e. The molecule has 4 nitrogen and oxygen atoms in total. The Morgan fingerprint density at radius 3 is 2.42 bits per heavy atom. The summed E-state index contributed by atoms with van der Waals surface area (Å²) in [4.78, 5) is 11.6. The third-order valence-electron chi connectivity index (χ3n) is 11.1. The summed E-state index contributed by atoms with van der Waals surface area (Å²) in [7, 11) is 0. The predicted molar refractivity (Wildman–Crippen MR) is 133 cm³/mol. The molecule has 0 radical (unpaired) electrons. The molecule has 0 unspecified atom stereocenters. The fourth-order valence-electron chi connectivity index (χ4n) is 9.51. The summed E-state index contributed by atoms with van der Waals surface area (Å²) in [6.07, 6.45) is 13.3. The van der Waals surface area contributed by atoms with Crippen molar-refractivity contribution in [2.75, 3.05) is 0 Å². The monoisotopic (exact) mass is 459 g/mol. The number of hydrogen-bond donors (Lipinski definition) is 1. The van der Waals surface area contributed by atoms with Crippen molar-refractivity contribution < 1.29 is 14.7 Å². The second kappa shape index (κ2) is 9.53. The molecule has 0 heterocycles. The molecule has 188 valence electrons. The zero-order valence-electron chi connectivity index (χ0n) is 22.1. The van der Waals surface area contributed by atoms with Gasteiger partial charge in [-0.05, 0) is 97.7 Å². The molecule has 0 saturated heterocycles. The number of oxime groups is 1. The van der Waals surface area contributed by atoms with E-state index in [0.717, 1.165) is 55.1 Å². The normalized spacial score (nSPS) is 44.8. The van der Waals surface area contributed by atoms with Gasteiger partial charge in [-0.15, -0.1) is 0 Å². The first kappa shape index (κ1) is 25.0. The van der Waals surface area contributed by atoms with Gasteiger partial charge in [0.2, 0.25) is 0 Å². The van der Waals surface area contributed by atoms with E-state index in [1.54, 1.807) is 0 Å².